The highest BCUT2D eigenvalue weighted by molar-refractivity contribution is 6.32. The molecule has 120 valence electrons. The lowest BCUT2D eigenvalue weighted by Gasteiger charge is -2.08. The molecule has 23 heavy (non-hydrogen) atoms. The first kappa shape index (κ1) is 16.8. The van der Waals surface area contributed by atoms with Gasteiger partial charge in [0, 0.05) is 6.20 Å². The van der Waals surface area contributed by atoms with Gasteiger partial charge in [0.1, 0.15) is 5.75 Å². The third-order valence-electron chi connectivity index (χ3n) is 2.77. The number of hydrogen-bond donors (Lipinski definition) is 1. The van der Waals surface area contributed by atoms with E-state index in [1.165, 1.54) is 6.20 Å². The van der Waals surface area contributed by atoms with Crippen molar-refractivity contribution in [3.8, 4) is 5.75 Å². The van der Waals surface area contributed by atoms with Gasteiger partial charge in [0.15, 0.2) is 11.8 Å². The van der Waals surface area contributed by atoms with E-state index in [0.717, 1.165) is 0 Å². The van der Waals surface area contributed by atoms with E-state index >= 15 is 0 Å². The summed E-state index contributed by atoms with van der Waals surface area (Å²) in [5.41, 5.74) is 0.839. The second-order valence-electron chi connectivity index (χ2n) is 4.42. The Bertz CT molecular complexity index is 689. The molecule has 2 rings (SSSR count). The van der Waals surface area contributed by atoms with Gasteiger partial charge in [0.25, 0.3) is 5.91 Å². The fourth-order valence-electron chi connectivity index (χ4n) is 1.72. The van der Waals surface area contributed by atoms with E-state index in [4.69, 9.17) is 21.1 Å². The summed E-state index contributed by atoms with van der Waals surface area (Å²) in [6.07, 6.45) is 1.53. The number of amides is 1. The standard InChI is InChI=1S/C16H15ClN2O4/c1-2-22-16(21)11-5-7-12(8-6-11)23-10-14(20)19-13-4-3-9-18-15(13)17/h3-9H,2,10H2,1H3,(H,19,20). The predicted molar refractivity (Wildman–Crippen MR) is 85.8 cm³/mol. The SMILES string of the molecule is CCOC(=O)c1ccc(OCC(=O)Nc2cccnc2Cl)cc1. The Hall–Kier alpha value is -2.60. The molecule has 1 heterocycles. The van der Waals surface area contributed by atoms with Crippen LogP contribution in [0.4, 0.5) is 5.69 Å². The summed E-state index contributed by atoms with van der Waals surface area (Å²) in [4.78, 5) is 27.2. The van der Waals surface area contributed by atoms with Gasteiger partial charge < -0.3 is 14.8 Å². The summed E-state index contributed by atoms with van der Waals surface area (Å²) >= 11 is 5.85. The van der Waals surface area contributed by atoms with Crippen molar-refractivity contribution in [3.63, 3.8) is 0 Å². The molecule has 1 N–H and O–H groups in total. The normalized spacial score (nSPS) is 10.0. The molecule has 0 aliphatic heterocycles. The number of nitrogens with one attached hydrogen (secondary N) is 1. The summed E-state index contributed by atoms with van der Waals surface area (Å²) in [5, 5.41) is 2.80. The lowest BCUT2D eigenvalue weighted by atomic mass is 10.2. The lowest BCUT2D eigenvalue weighted by molar-refractivity contribution is -0.118. The maximum atomic E-state index is 11.8. The fraction of sp³-hybridized carbons (Fsp3) is 0.188. The number of aromatic nitrogens is 1. The van der Waals surface area contributed by atoms with Crippen LogP contribution in [0.15, 0.2) is 42.6 Å². The van der Waals surface area contributed by atoms with Crippen LogP contribution in [0.1, 0.15) is 17.3 Å². The van der Waals surface area contributed by atoms with Crippen molar-refractivity contribution in [2.45, 2.75) is 6.92 Å². The molecule has 0 saturated heterocycles. The Morgan fingerprint density at radius 2 is 1.96 bits per heavy atom. The van der Waals surface area contributed by atoms with E-state index in [1.54, 1.807) is 43.3 Å². The van der Waals surface area contributed by atoms with Crippen LogP contribution in [-0.2, 0) is 9.53 Å². The van der Waals surface area contributed by atoms with Crippen molar-refractivity contribution in [2.24, 2.45) is 0 Å². The number of anilines is 1. The predicted octanol–water partition coefficient (Wildman–Crippen LogP) is 2.93. The van der Waals surface area contributed by atoms with Gasteiger partial charge in [0.05, 0.1) is 17.9 Å². The van der Waals surface area contributed by atoms with Gasteiger partial charge in [-0.3, -0.25) is 4.79 Å². The summed E-state index contributed by atoms with van der Waals surface area (Å²) in [7, 11) is 0. The third-order valence-corrected chi connectivity index (χ3v) is 3.07. The molecule has 1 aromatic heterocycles. The van der Waals surface area contributed by atoms with Crippen molar-refractivity contribution >= 4 is 29.2 Å². The molecule has 0 saturated carbocycles. The number of esters is 1. The maximum Gasteiger partial charge on any atom is 0.338 e. The van der Waals surface area contributed by atoms with Crippen LogP contribution >= 0.6 is 11.6 Å². The van der Waals surface area contributed by atoms with Gasteiger partial charge in [-0.15, -0.1) is 0 Å². The largest absolute Gasteiger partial charge is 0.484 e. The van der Waals surface area contributed by atoms with Crippen LogP contribution < -0.4 is 10.1 Å². The lowest BCUT2D eigenvalue weighted by Crippen LogP contribution is -2.20. The van der Waals surface area contributed by atoms with E-state index in [0.29, 0.717) is 23.6 Å². The Morgan fingerprint density at radius 3 is 2.61 bits per heavy atom. The molecule has 0 spiro atoms. The van der Waals surface area contributed by atoms with Crippen LogP contribution in [0, 0.1) is 0 Å². The molecule has 6 nitrogen and oxygen atoms in total. The highest BCUT2D eigenvalue weighted by Crippen LogP contribution is 2.17. The number of benzene rings is 1. The van der Waals surface area contributed by atoms with Crippen molar-refractivity contribution in [1.29, 1.82) is 0 Å². The average Bonchev–Trinajstić information content (AvgIpc) is 2.56. The molecular formula is C16H15ClN2O4. The smallest absolute Gasteiger partial charge is 0.338 e. The Balaban J connectivity index is 1.87. The Morgan fingerprint density at radius 1 is 1.22 bits per heavy atom. The molecule has 0 radical (unpaired) electrons. The summed E-state index contributed by atoms with van der Waals surface area (Å²) in [5.74, 6) is -0.303. The van der Waals surface area contributed by atoms with Crippen LogP contribution in [0.2, 0.25) is 5.15 Å². The van der Waals surface area contributed by atoms with Crippen LogP contribution in [0.25, 0.3) is 0 Å². The van der Waals surface area contributed by atoms with Gasteiger partial charge in [-0.1, -0.05) is 11.6 Å². The molecule has 0 unspecified atom stereocenters. The zero-order valence-corrected chi connectivity index (χ0v) is 13.2. The number of hydrogen-bond acceptors (Lipinski definition) is 5. The molecular weight excluding hydrogens is 320 g/mol. The molecule has 1 amide bonds. The zero-order chi connectivity index (χ0) is 16.7. The quantitative estimate of drug-likeness (QED) is 0.649. The number of ether oxygens (including phenoxy) is 2. The van der Waals surface area contributed by atoms with Crippen molar-refractivity contribution in [2.75, 3.05) is 18.5 Å². The van der Waals surface area contributed by atoms with E-state index in [1.807, 2.05) is 0 Å². The van der Waals surface area contributed by atoms with E-state index in [2.05, 4.69) is 10.3 Å². The first-order valence-corrected chi connectivity index (χ1v) is 7.28. The average molecular weight is 335 g/mol. The minimum absolute atomic E-state index is 0.190. The summed E-state index contributed by atoms with van der Waals surface area (Å²) in [6, 6.07) is 9.64. The van der Waals surface area contributed by atoms with Crippen molar-refractivity contribution < 1.29 is 19.1 Å². The van der Waals surface area contributed by atoms with Gasteiger partial charge in [-0.05, 0) is 43.3 Å². The van der Waals surface area contributed by atoms with Crippen LogP contribution in [-0.4, -0.2) is 30.1 Å². The number of halogens is 1. The first-order chi connectivity index (χ1) is 11.1. The van der Waals surface area contributed by atoms with Crippen LogP contribution in [0.3, 0.4) is 0 Å². The Kier molecular flexibility index (Phi) is 5.94. The number of rotatable bonds is 6. The minimum atomic E-state index is -0.400. The van der Waals surface area contributed by atoms with Crippen LogP contribution in [0.5, 0.6) is 5.75 Å². The molecule has 0 fully saturated rings. The van der Waals surface area contributed by atoms with Gasteiger partial charge >= 0.3 is 5.97 Å². The zero-order valence-electron chi connectivity index (χ0n) is 12.4. The monoisotopic (exact) mass is 334 g/mol. The highest BCUT2D eigenvalue weighted by Gasteiger charge is 2.09. The molecule has 7 heteroatoms. The Labute approximate surface area is 138 Å². The second-order valence-corrected chi connectivity index (χ2v) is 4.78. The number of nitrogens with zero attached hydrogens (tertiary/aromatic N) is 1. The third kappa shape index (κ3) is 4.96. The van der Waals surface area contributed by atoms with Crippen molar-refractivity contribution in [1.82, 2.24) is 4.98 Å². The molecule has 0 aliphatic carbocycles. The molecule has 2 aromatic rings. The second kappa shape index (κ2) is 8.14. The number of carbonyl (C=O) groups is 2. The molecule has 1 aromatic carbocycles. The highest BCUT2D eigenvalue weighted by atomic mass is 35.5. The topological polar surface area (TPSA) is 77.5 Å². The van der Waals surface area contributed by atoms with Gasteiger partial charge in [-0.2, -0.15) is 0 Å². The minimum Gasteiger partial charge on any atom is -0.484 e. The van der Waals surface area contributed by atoms with E-state index in [-0.39, 0.29) is 17.7 Å². The van der Waals surface area contributed by atoms with E-state index < -0.39 is 5.97 Å². The van der Waals surface area contributed by atoms with E-state index in [9.17, 15) is 9.59 Å². The molecule has 0 atom stereocenters. The van der Waals surface area contributed by atoms with Gasteiger partial charge in [0.2, 0.25) is 0 Å². The summed E-state index contributed by atoms with van der Waals surface area (Å²) < 4.78 is 10.2. The number of carbonyl (C=O) groups excluding carboxylic acids is 2. The van der Waals surface area contributed by atoms with Crippen molar-refractivity contribution in [3.05, 3.63) is 53.3 Å². The van der Waals surface area contributed by atoms with Gasteiger partial charge in [-0.25, -0.2) is 9.78 Å². The molecule has 0 bridgehead atoms. The molecule has 0 aliphatic rings. The maximum absolute atomic E-state index is 11.8. The fourth-order valence-corrected chi connectivity index (χ4v) is 1.88. The number of pyridine rings is 1. The first-order valence-electron chi connectivity index (χ1n) is 6.90. The summed E-state index contributed by atoms with van der Waals surface area (Å²) in [6.45, 7) is 1.86.